The summed E-state index contributed by atoms with van der Waals surface area (Å²) in [5, 5.41) is 3.39. The van der Waals surface area contributed by atoms with Gasteiger partial charge < -0.3 is 15.3 Å². The van der Waals surface area contributed by atoms with Crippen LogP contribution in [0.4, 0.5) is 0 Å². The van der Waals surface area contributed by atoms with Gasteiger partial charge in [0.15, 0.2) is 17.2 Å². The van der Waals surface area contributed by atoms with Crippen LogP contribution in [-0.2, 0) is 4.79 Å². The van der Waals surface area contributed by atoms with Gasteiger partial charge in [0.05, 0.1) is 14.2 Å². The van der Waals surface area contributed by atoms with E-state index in [-0.39, 0.29) is 5.71 Å². The lowest BCUT2D eigenvalue weighted by Gasteiger charge is -2.09. The minimum Gasteiger partial charge on any atom is -0.493 e. The molecule has 0 heterocycles. The van der Waals surface area contributed by atoms with E-state index in [2.05, 4.69) is 5.10 Å². The zero-order valence-corrected chi connectivity index (χ0v) is 9.56. The van der Waals surface area contributed by atoms with Gasteiger partial charge in [-0.05, 0) is 18.2 Å². The molecule has 0 atom stereocenters. The number of rotatable bonds is 4. The molecule has 7 nitrogen and oxygen atoms in total. The number of amides is 1. The lowest BCUT2D eigenvalue weighted by atomic mass is 10.1. The molecular formula is C10H14N4O3. The van der Waals surface area contributed by atoms with Gasteiger partial charge >= 0.3 is 0 Å². The highest BCUT2D eigenvalue weighted by Gasteiger charge is 2.15. The van der Waals surface area contributed by atoms with Crippen molar-refractivity contribution in [1.82, 2.24) is 5.43 Å². The molecule has 7 heteroatoms. The molecule has 0 saturated carbocycles. The Labute approximate surface area is 98.3 Å². The molecule has 5 N–H and O–H groups in total. The van der Waals surface area contributed by atoms with Crippen molar-refractivity contribution in [1.29, 1.82) is 0 Å². The van der Waals surface area contributed by atoms with Gasteiger partial charge in [-0.25, -0.2) is 5.84 Å². The molecule has 0 radical (unpaired) electrons. The highest BCUT2D eigenvalue weighted by atomic mass is 16.5. The van der Waals surface area contributed by atoms with Crippen molar-refractivity contribution in [3.8, 4) is 11.5 Å². The van der Waals surface area contributed by atoms with Crippen LogP contribution in [0.15, 0.2) is 23.3 Å². The van der Waals surface area contributed by atoms with E-state index in [1.54, 1.807) is 18.2 Å². The van der Waals surface area contributed by atoms with E-state index in [4.69, 9.17) is 21.2 Å². The highest BCUT2D eigenvalue weighted by molar-refractivity contribution is 6.45. The van der Waals surface area contributed by atoms with Crippen LogP contribution in [0.3, 0.4) is 0 Å². The van der Waals surface area contributed by atoms with E-state index >= 15 is 0 Å². The van der Waals surface area contributed by atoms with Crippen LogP contribution >= 0.6 is 0 Å². The topological polar surface area (TPSA) is 112 Å². The predicted molar refractivity (Wildman–Crippen MR) is 62.6 cm³/mol. The largest absolute Gasteiger partial charge is 0.493 e. The second kappa shape index (κ2) is 5.71. The lowest BCUT2D eigenvalue weighted by molar-refractivity contribution is -0.114. The molecule has 0 aliphatic carbocycles. The SMILES string of the molecule is COc1ccc(/C(=N/N)C(=O)NN)cc1OC. The Bertz CT molecular complexity index is 445. The Hall–Kier alpha value is -2.28. The van der Waals surface area contributed by atoms with Crippen molar-refractivity contribution in [2.24, 2.45) is 16.8 Å². The maximum absolute atomic E-state index is 11.4. The number of nitrogens with zero attached hydrogens (tertiary/aromatic N) is 1. The number of benzene rings is 1. The van der Waals surface area contributed by atoms with Crippen molar-refractivity contribution in [2.75, 3.05) is 14.2 Å². The van der Waals surface area contributed by atoms with Crippen molar-refractivity contribution >= 4 is 11.6 Å². The fourth-order valence-electron chi connectivity index (χ4n) is 1.32. The third kappa shape index (κ3) is 2.64. The third-order valence-corrected chi connectivity index (χ3v) is 2.13. The van der Waals surface area contributed by atoms with Gasteiger partial charge in [-0.3, -0.25) is 10.2 Å². The van der Waals surface area contributed by atoms with Gasteiger partial charge in [-0.15, -0.1) is 0 Å². The Morgan fingerprint density at radius 3 is 2.41 bits per heavy atom. The number of nitrogens with one attached hydrogen (secondary N) is 1. The summed E-state index contributed by atoms with van der Waals surface area (Å²) < 4.78 is 10.2. The number of hydrazine groups is 1. The minimum atomic E-state index is -0.584. The number of nitrogens with two attached hydrogens (primary N) is 2. The quantitative estimate of drug-likeness (QED) is 0.279. The number of carbonyl (C=O) groups excluding carboxylic acids is 1. The van der Waals surface area contributed by atoms with Crippen LogP contribution in [0.2, 0.25) is 0 Å². The number of ether oxygens (including phenoxy) is 2. The molecule has 0 bridgehead atoms. The first-order valence-electron chi connectivity index (χ1n) is 4.69. The van der Waals surface area contributed by atoms with E-state index in [1.807, 2.05) is 5.43 Å². The van der Waals surface area contributed by atoms with E-state index in [9.17, 15) is 4.79 Å². The molecule has 1 rings (SSSR count). The summed E-state index contributed by atoms with van der Waals surface area (Å²) in [6, 6.07) is 4.85. The minimum absolute atomic E-state index is 0.00783. The van der Waals surface area contributed by atoms with Crippen LogP contribution in [-0.4, -0.2) is 25.8 Å². The van der Waals surface area contributed by atoms with Crippen molar-refractivity contribution < 1.29 is 14.3 Å². The Kier molecular flexibility index (Phi) is 4.29. The van der Waals surface area contributed by atoms with E-state index in [0.717, 1.165) is 0 Å². The van der Waals surface area contributed by atoms with Crippen LogP contribution in [0.5, 0.6) is 11.5 Å². The normalized spacial score (nSPS) is 10.9. The molecule has 0 aliphatic heterocycles. The van der Waals surface area contributed by atoms with E-state index < -0.39 is 5.91 Å². The van der Waals surface area contributed by atoms with Crippen LogP contribution in [0.1, 0.15) is 5.56 Å². The summed E-state index contributed by atoms with van der Waals surface area (Å²) in [7, 11) is 3.01. The zero-order valence-electron chi connectivity index (χ0n) is 9.56. The van der Waals surface area contributed by atoms with Crippen molar-refractivity contribution in [3.63, 3.8) is 0 Å². The number of hydrogen-bond donors (Lipinski definition) is 3. The number of hydrazone groups is 1. The molecule has 1 amide bonds. The molecule has 92 valence electrons. The van der Waals surface area contributed by atoms with E-state index in [0.29, 0.717) is 17.1 Å². The standard InChI is InChI=1S/C10H14N4O3/c1-16-7-4-3-6(5-8(7)17-2)9(13-11)10(15)14-12/h3-5H,11-12H2,1-2H3,(H,14,15)/b13-9-. The van der Waals surface area contributed by atoms with Crippen molar-refractivity contribution in [2.45, 2.75) is 0 Å². The summed E-state index contributed by atoms with van der Waals surface area (Å²) in [5.74, 6) is 10.6. The smallest absolute Gasteiger partial charge is 0.286 e. The van der Waals surface area contributed by atoms with Gasteiger partial charge in [-0.1, -0.05) is 0 Å². The molecule has 0 unspecified atom stereocenters. The molecule has 1 aromatic rings. The monoisotopic (exact) mass is 238 g/mol. The van der Waals surface area contributed by atoms with Crippen LogP contribution in [0.25, 0.3) is 0 Å². The maximum Gasteiger partial charge on any atom is 0.286 e. The number of hydrogen-bond acceptors (Lipinski definition) is 6. The molecule has 0 spiro atoms. The summed E-state index contributed by atoms with van der Waals surface area (Å²) in [4.78, 5) is 11.4. The Morgan fingerprint density at radius 2 is 1.94 bits per heavy atom. The first kappa shape index (κ1) is 12.8. The molecule has 0 saturated heterocycles. The average molecular weight is 238 g/mol. The highest BCUT2D eigenvalue weighted by Crippen LogP contribution is 2.27. The van der Waals surface area contributed by atoms with Crippen LogP contribution < -0.4 is 26.6 Å². The molecule has 0 aliphatic rings. The summed E-state index contributed by atoms with van der Waals surface area (Å²) >= 11 is 0. The predicted octanol–water partition coefficient (Wildman–Crippen LogP) is -0.643. The molecule has 0 aromatic heterocycles. The van der Waals surface area contributed by atoms with Gasteiger partial charge in [0, 0.05) is 5.56 Å². The fraction of sp³-hybridized carbons (Fsp3) is 0.200. The summed E-state index contributed by atoms with van der Waals surface area (Å²) in [6.07, 6.45) is 0. The summed E-state index contributed by atoms with van der Waals surface area (Å²) in [6.45, 7) is 0. The average Bonchev–Trinajstić information content (AvgIpc) is 2.38. The Morgan fingerprint density at radius 1 is 1.29 bits per heavy atom. The fourth-order valence-corrected chi connectivity index (χ4v) is 1.32. The van der Waals surface area contributed by atoms with Gasteiger partial charge in [0.25, 0.3) is 5.91 Å². The number of methoxy groups -OCH3 is 2. The molecule has 0 fully saturated rings. The second-order valence-electron chi connectivity index (χ2n) is 3.02. The zero-order chi connectivity index (χ0) is 12.8. The molecule has 17 heavy (non-hydrogen) atoms. The summed E-state index contributed by atoms with van der Waals surface area (Å²) in [5.41, 5.74) is 2.45. The number of carbonyl (C=O) groups is 1. The molecule has 1 aromatic carbocycles. The maximum atomic E-state index is 11.4. The third-order valence-electron chi connectivity index (χ3n) is 2.13. The second-order valence-corrected chi connectivity index (χ2v) is 3.02. The van der Waals surface area contributed by atoms with Crippen LogP contribution in [0, 0.1) is 0 Å². The van der Waals surface area contributed by atoms with Crippen molar-refractivity contribution in [3.05, 3.63) is 23.8 Å². The van der Waals surface area contributed by atoms with Gasteiger partial charge in [0.2, 0.25) is 0 Å². The van der Waals surface area contributed by atoms with Gasteiger partial charge in [-0.2, -0.15) is 5.10 Å². The van der Waals surface area contributed by atoms with Gasteiger partial charge in [0.1, 0.15) is 0 Å². The molecular weight excluding hydrogens is 224 g/mol. The first-order valence-corrected chi connectivity index (χ1v) is 4.69. The lowest BCUT2D eigenvalue weighted by Crippen LogP contribution is -2.37. The first-order chi connectivity index (χ1) is 8.17. The Balaban J connectivity index is 3.19. The van der Waals surface area contributed by atoms with E-state index in [1.165, 1.54) is 14.2 Å².